The lowest BCUT2D eigenvalue weighted by atomic mass is 10.3. The minimum Gasteiger partial charge on any atom is -0.255 e. The summed E-state index contributed by atoms with van der Waals surface area (Å²) in [5.41, 5.74) is 0. The molecule has 0 aromatic carbocycles. The molecule has 0 N–H and O–H groups in total. The minimum atomic E-state index is -3.40. The van der Waals surface area contributed by atoms with Crippen LogP contribution in [0.4, 0.5) is 0 Å². The Kier molecular flexibility index (Phi) is 2.19. The topological polar surface area (TPSA) is 64.8 Å². The summed E-state index contributed by atoms with van der Waals surface area (Å²) in [6.45, 7) is 4.87. The Hall–Kier alpha value is -0.910. The second-order valence-electron chi connectivity index (χ2n) is 3.82. The fourth-order valence-corrected chi connectivity index (χ4v) is 1.69. The summed E-state index contributed by atoms with van der Waals surface area (Å²) in [5.74, 6) is 0. The first-order valence-corrected chi connectivity index (χ1v) is 5.34. The molecule has 1 heterocycles. The van der Waals surface area contributed by atoms with Gasteiger partial charge in [0.25, 0.3) is 5.16 Å². The van der Waals surface area contributed by atoms with Gasteiger partial charge in [-0.25, -0.2) is 13.4 Å². The maximum Gasteiger partial charge on any atom is 0.267 e. The zero-order valence-corrected chi connectivity index (χ0v) is 8.96. The fourth-order valence-electron chi connectivity index (χ4n) is 0.717. The van der Waals surface area contributed by atoms with Gasteiger partial charge in [-0.3, -0.25) is 4.68 Å². The third-order valence-corrected chi connectivity index (χ3v) is 3.91. The van der Waals surface area contributed by atoms with Crippen molar-refractivity contribution < 1.29 is 8.42 Å². The van der Waals surface area contributed by atoms with Crippen LogP contribution in [0.15, 0.2) is 11.5 Å². The molecule has 0 fully saturated rings. The standard InChI is InChI=1S/C7H13N3O2S/c1-7(2,3)13(11,12)6-8-5-10(4)9-6/h5H,1-4H3. The Labute approximate surface area is 77.7 Å². The Morgan fingerprint density at radius 3 is 2.23 bits per heavy atom. The monoisotopic (exact) mass is 203 g/mol. The van der Waals surface area contributed by atoms with Gasteiger partial charge in [-0.2, -0.15) is 0 Å². The van der Waals surface area contributed by atoms with Crippen molar-refractivity contribution in [3.63, 3.8) is 0 Å². The number of aryl methyl sites for hydroxylation is 1. The Bertz CT molecular complexity index is 400. The Morgan fingerprint density at radius 1 is 1.38 bits per heavy atom. The molecule has 0 atom stereocenters. The van der Waals surface area contributed by atoms with E-state index in [0.717, 1.165) is 0 Å². The second kappa shape index (κ2) is 2.80. The van der Waals surface area contributed by atoms with Gasteiger partial charge in [0.05, 0.1) is 4.75 Å². The molecule has 0 saturated heterocycles. The lowest BCUT2D eigenvalue weighted by molar-refractivity contribution is 0.549. The van der Waals surface area contributed by atoms with E-state index in [1.54, 1.807) is 27.8 Å². The molecule has 0 aliphatic carbocycles. The first kappa shape index (κ1) is 10.2. The highest BCUT2D eigenvalue weighted by atomic mass is 32.2. The molecule has 0 aliphatic rings. The molecule has 5 nitrogen and oxygen atoms in total. The summed E-state index contributed by atoms with van der Waals surface area (Å²) in [6, 6.07) is 0. The van der Waals surface area contributed by atoms with Crippen LogP contribution in [0, 0.1) is 0 Å². The third kappa shape index (κ3) is 1.72. The van der Waals surface area contributed by atoms with E-state index >= 15 is 0 Å². The number of sulfone groups is 1. The molecule has 0 amide bonds. The van der Waals surface area contributed by atoms with Gasteiger partial charge in [0.2, 0.25) is 9.84 Å². The molecule has 6 heteroatoms. The van der Waals surface area contributed by atoms with Crippen LogP contribution in [0.2, 0.25) is 0 Å². The van der Waals surface area contributed by atoms with Crippen LogP contribution in [-0.2, 0) is 16.9 Å². The molecule has 0 radical (unpaired) electrons. The fraction of sp³-hybridized carbons (Fsp3) is 0.714. The van der Waals surface area contributed by atoms with Crippen molar-refractivity contribution in [1.29, 1.82) is 0 Å². The summed E-state index contributed by atoms with van der Waals surface area (Å²) in [6.07, 6.45) is 1.37. The lowest BCUT2D eigenvalue weighted by Gasteiger charge is -2.15. The van der Waals surface area contributed by atoms with E-state index in [4.69, 9.17) is 0 Å². The highest BCUT2D eigenvalue weighted by Crippen LogP contribution is 2.20. The quantitative estimate of drug-likeness (QED) is 0.662. The van der Waals surface area contributed by atoms with Crippen LogP contribution in [0.25, 0.3) is 0 Å². The van der Waals surface area contributed by atoms with Crippen LogP contribution in [0.1, 0.15) is 20.8 Å². The van der Waals surface area contributed by atoms with Crippen molar-refractivity contribution >= 4 is 9.84 Å². The van der Waals surface area contributed by atoms with Crippen molar-refractivity contribution in [1.82, 2.24) is 14.8 Å². The summed E-state index contributed by atoms with van der Waals surface area (Å²) in [5, 5.41) is 3.66. The van der Waals surface area contributed by atoms with Gasteiger partial charge in [0.15, 0.2) is 0 Å². The molecule has 1 aromatic rings. The van der Waals surface area contributed by atoms with Crippen molar-refractivity contribution in [3.05, 3.63) is 6.33 Å². The highest BCUT2D eigenvalue weighted by Gasteiger charge is 2.34. The molecular weight excluding hydrogens is 190 g/mol. The zero-order valence-electron chi connectivity index (χ0n) is 8.14. The number of aromatic nitrogens is 3. The number of hydrogen-bond donors (Lipinski definition) is 0. The maximum atomic E-state index is 11.7. The van der Waals surface area contributed by atoms with E-state index < -0.39 is 14.6 Å². The summed E-state index contributed by atoms with van der Waals surface area (Å²) >= 11 is 0. The predicted octanol–water partition coefficient (Wildman–Crippen LogP) is 0.387. The summed E-state index contributed by atoms with van der Waals surface area (Å²) in [7, 11) is -1.77. The average Bonchev–Trinajstić information content (AvgIpc) is 2.33. The van der Waals surface area contributed by atoms with E-state index in [2.05, 4.69) is 10.1 Å². The zero-order chi connectivity index (χ0) is 10.3. The van der Waals surface area contributed by atoms with E-state index in [-0.39, 0.29) is 5.16 Å². The van der Waals surface area contributed by atoms with Gasteiger partial charge in [0.1, 0.15) is 6.33 Å². The van der Waals surface area contributed by atoms with E-state index in [0.29, 0.717) is 0 Å². The molecule has 0 spiro atoms. The van der Waals surface area contributed by atoms with Gasteiger partial charge in [-0.1, -0.05) is 0 Å². The third-order valence-electron chi connectivity index (χ3n) is 1.63. The number of hydrogen-bond acceptors (Lipinski definition) is 4. The highest BCUT2D eigenvalue weighted by molar-refractivity contribution is 7.92. The molecule has 0 aliphatic heterocycles. The van der Waals surface area contributed by atoms with Crippen LogP contribution < -0.4 is 0 Å². The summed E-state index contributed by atoms with van der Waals surface area (Å²) in [4.78, 5) is 3.72. The average molecular weight is 203 g/mol. The Morgan fingerprint density at radius 2 is 1.92 bits per heavy atom. The maximum absolute atomic E-state index is 11.7. The lowest BCUT2D eigenvalue weighted by Crippen LogP contribution is -2.29. The van der Waals surface area contributed by atoms with Gasteiger partial charge < -0.3 is 0 Å². The molecule has 13 heavy (non-hydrogen) atoms. The molecule has 0 bridgehead atoms. The summed E-state index contributed by atoms with van der Waals surface area (Å²) < 4.78 is 24.0. The van der Waals surface area contributed by atoms with Gasteiger partial charge in [-0.05, 0) is 20.8 Å². The molecule has 0 unspecified atom stereocenters. The van der Waals surface area contributed by atoms with Gasteiger partial charge >= 0.3 is 0 Å². The minimum absolute atomic E-state index is 0.109. The van der Waals surface area contributed by atoms with Crippen LogP contribution in [-0.4, -0.2) is 27.9 Å². The first-order valence-electron chi connectivity index (χ1n) is 3.85. The number of rotatable bonds is 1. The van der Waals surface area contributed by atoms with E-state index in [1.807, 2.05) is 0 Å². The normalized spacial score (nSPS) is 13.2. The van der Waals surface area contributed by atoms with Crippen molar-refractivity contribution in [2.45, 2.75) is 30.7 Å². The Balaban J connectivity index is 3.24. The van der Waals surface area contributed by atoms with Crippen LogP contribution >= 0.6 is 0 Å². The van der Waals surface area contributed by atoms with Crippen LogP contribution in [0.5, 0.6) is 0 Å². The smallest absolute Gasteiger partial charge is 0.255 e. The number of nitrogens with zero attached hydrogens (tertiary/aromatic N) is 3. The first-order chi connectivity index (χ1) is 5.75. The van der Waals surface area contributed by atoms with Crippen molar-refractivity contribution in [3.8, 4) is 0 Å². The second-order valence-corrected chi connectivity index (χ2v) is 6.41. The van der Waals surface area contributed by atoms with Crippen molar-refractivity contribution in [2.75, 3.05) is 0 Å². The SMILES string of the molecule is Cn1cnc(S(=O)(=O)C(C)(C)C)n1. The molecule has 0 saturated carbocycles. The van der Waals surface area contributed by atoms with Crippen LogP contribution in [0.3, 0.4) is 0 Å². The van der Waals surface area contributed by atoms with Gasteiger partial charge in [-0.15, -0.1) is 5.10 Å². The van der Waals surface area contributed by atoms with Gasteiger partial charge in [0, 0.05) is 7.05 Å². The molecule has 74 valence electrons. The molecule has 1 aromatic heterocycles. The van der Waals surface area contributed by atoms with Crippen molar-refractivity contribution in [2.24, 2.45) is 7.05 Å². The predicted molar refractivity (Wildman–Crippen MR) is 47.9 cm³/mol. The molecular formula is C7H13N3O2S. The van der Waals surface area contributed by atoms with E-state index in [9.17, 15) is 8.42 Å². The van der Waals surface area contributed by atoms with E-state index in [1.165, 1.54) is 11.0 Å². The molecule has 1 rings (SSSR count). The largest absolute Gasteiger partial charge is 0.267 e.